The number of anilines is 1. The van der Waals surface area contributed by atoms with Crippen molar-refractivity contribution in [1.82, 2.24) is 9.71 Å². The molecule has 0 aliphatic carbocycles. The molecule has 1 aromatic carbocycles. The number of nitrogens with zero attached hydrogens (tertiary/aromatic N) is 1. The highest BCUT2D eigenvalue weighted by atomic mass is 32.2. The van der Waals surface area contributed by atoms with E-state index in [1.54, 1.807) is 4.72 Å². The maximum atomic E-state index is 13.3. The number of rotatable bonds is 7. The van der Waals surface area contributed by atoms with Crippen molar-refractivity contribution in [2.45, 2.75) is 24.1 Å². The molecule has 1 aromatic heterocycles. The molecule has 13 heteroatoms. The Balaban J connectivity index is 2.29. The van der Waals surface area contributed by atoms with Crippen LogP contribution >= 0.6 is 0 Å². The molecule has 2 aromatic rings. The van der Waals surface area contributed by atoms with E-state index in [0.717, 1.165) is 24.3 Å². The Hall–Kier alpha value is -2.77. The van der Waals surface area contributed by atoms with E-state index in [2.05, 4.69) is 10.3 Å². The van der Waals surface area contributed by atoms with Gasteiger partial charge in [0.2, 0.25) is 10.0 Å². The van der Waals surface area contributed by atoms with Crippen LogP contribution in [-0.4, -0.2) is 50.4 Å². The lowest BCUT2D eigenvalue weighted by molar-refractivity contribution is -0.200. The Bertz CT molecular complexity index is 1040. The summed E-state index contributed by atoms with van der Waals surface area (Å²) in [7, 11) is -3.27. The fourth-order valence-corrected chi connectivity index (χ4v) is 3.28. The summed E-state index contributed by atoms with van der Waals surface area (Å²) in [5.41, 5.74) is -0.246. The summed E-state index contributed by atoms with van der Waals surface area (Å²) in [6.45, 7) is 0.0674. The first-order valence-corrected chi connectivity index (χ1v) is 9.70. The Morgan fingerprint density at radius 3 is 2.50 bits per heavy atom. The number of halogens is 4. The van der Waals surface area contributed by atoms with Crippen molar-refractivity contribution >= 4 is 21.7 Å². The molecule has 0 radical (unpaired) electrons. The number of aliphatic hydroxyl groups excluding tert-OH is 1. The van der Waals surface area contributed by atoms with Crippen molar-refractivity contribution in [3.05, 3.63) is 47.4 Å². The number of carbonyl (C=O) groups is 1. The molecule has 0 unspecified atom stereocenters. The molecule has 1 amide bonds. The Morgan fingerprint density at radius 1 is 1.27 bits per heavy atom. The van der Waals surface area contributed by atoms with Crippen molar-refractivity contribution in [1.29, 1.82) is 0 Å². The molecule has 0 aliphatic heterocycles. The minimum absolute atomic E-state index is 0.0133. The fourth-order valence-electron chi connectivity index (χ4n) is 2.22. The number of aromatic nitrogens is 1. The molecule has 0 aliphatic rings. The van der Waals surface area contributed by atoms with Crippen LogP contribution < -0.4 is 14.8 Å². The summed E-state index contributed by atoms with van der Waals surface area (Å²) >= 11 is 0. The van der Waals surface area contributed by atoms with E-state index in [0.29, 0.717) is 0 Å². The normalized spacial score (nSPS) is 13.0. The van der Waals surface area contributed by atoms with Crippen LogP contribution in [0.5, 0.6) is 5.75 Å². The topological polar surface area (TPSA) is 118 Å². The van der Waals surface area contributed by atoms with Crippen LogP contribution in [0.25, 0.3) is 0 Å². The van der Waals surface area contributed by atoms with Crippen LogP contribution in [-0.2, 0) is 10.0 Å². The molecule has 3 N–H and O–H groups in total. The highest BCUT2D eigenvalue weighted by Gasteiger charge is 2.38. The van der Waals surface area contributed by atoms with Gasteiger partial charge in [0.25, 0.3) is 5.91 Å². The van der Waals surface area contributed by atoms with Gasteiger partial charge in [0.05, 0.1) is 23.3 Å². The summed E-state index contributed by atoms with van der Waals surface area (Å²) in [5.74, 6) is -1.48. The van der Waals surface area contributed by atoms with E-state index in [1.165, 1.54) is 20.1 Å². The number of carbonyl (C=O) groups excluding carboxylic acids is 1. The molecule has 1 atom stereocenters. The van der Waals surface area contributed by atoms with Crippen LogP contribution in [0.2, 0.25) is 0 Å². The Morgan fingerprint density at radius 2 is 1.93 bits per heavy atom. The number of amides is 1. The van der Waals surface area contributed by atoms with Crippen molar-refractivity contribution in [2.75, 3.05) is 19.0 Å². The van der Waals surface area contributed by atoms with Crippen molar-refractivity contribution < 1.29 is 40.6 Å². The molecule has 0 fully saturated rings. The first kappa shape index (κ1) is 23.5. The van der Waals surface area contributed by atoms with Crippen molar-refractivity contribution in [2.24, 2.45) is 0 Å². The molecular formula is C17H17F4N3O5S. The molecule has 0 saturated heterocycles. The monoisotopic (exact) mass is 451 g/mol. The van der Waals surface area contributed by atoms with Gasteiger partial charge in [-0.3, -0.25) is 4.79 Å². The number of pyridine rings is 1. The predicted molar refractivity (Wildman–Crippen MR) is 97.1 cm³/mol. The smallest absolute Gasteiger partial charge is 0.415 e. The van der Waals surface area contributed by atoms with Crippen LogP contribution in [0, 0.1) is 12.7 Å². The average Bonchev–Trinajstić information content (AvgIpc) is 2.67. The lowest BCUT2D eigenvalue weighted by Gasteiger charge is -2.16. The molecular weight excluding hydrogens is 434 g/mol. The molecule has 0 spiro atoms. The molecule has 30 heavy (non-hydrogen) atoms. The van der Waals surface area contributed by atoms with Crippen molar-refractivity contribution in [3.63, 3.8) is 0 Å². The fraction of sp³-hybridized carbons (Fsp3) is 0.294. The molecule has 164 valence electrons. The van der Waals surface area contributed by atoms with Crippen molar-refractivity contribution in [3.8, 4) is 5.75 Å². The van der Waals surface area contributed by atoms with E-state index in [-0.39, 0.29) is 22.8 Å². The highest BCUT2D eigenvalue weighted by molar-refractivity contribution is 7.89. The number of ether oxygens (including phenoxy) is 1. The first-order valence-electron chi connectivity index (χ1n) is 8.22. The molecule has 8 nitrogen and oxygen atoms in total. The number of hydrogen-bond acceptors (Lipinski definition) is 6. The second-order valence-electron chi connectivity index (χ2n) is 5.99. The van der Waals surface area contributed by atoms with Gasteiger partial charge in [0.1, 0.15) is 17.4 Å². The molecule has 0 bridgehead atoms. The quantitative estimate of drug-likeness (QED) is 0.555. The summed E-state index contributed by atoms with van der Waals surface area (Å²) in [4.78, 5) is 15.8. The lowest BCUT2D eigenvalue weighted by atomic mass is 10.2. The van der Waals surface area contributed by atoms with Crippen LogP contribution in [0.4, 0.5) is 23.4 Å². The van der Waals surface area contributed by atoms with Gasteiger partial charge in [-0.25, -0.2) is 22.5 Å². The summed E-state index contributed by atoms with van der Waals surface area (Å²) in [6, 6.07) is 5.29. The van der Waals surface area contributed by atoms with Crippen LogP contribution in [0.1, 0.15) is 16.1 Å². The molecule has 2 rings (SSSR count). The summed E-state index contributed by atoms with van der Waals surface area (Å²) < 4.78 is 81.6. The van der Waals surface area contributed by atoms with Crippen LogP contribution in [0.15, 0.2) is 35.2 Å². The zero-order valence-corrected chi connectivity index (χ0v) is 16.4. The van der Waals surface area contributed by atoms with Gasteiger partial charge in [-0.1, -0.05) is 0 Å². The predicted octanol–water partition coefficient (Wildman–Crippen LogP) is 1.99. The Labute approximate surface area is 168 Å². The largest absolute Gasteiger partial charge is 0.496 e. The third-order valence-corrected chi connectivity index (χ3v) is 5.25. The van der Waals surface area contributed by atoms with E-state index in [9.17, 15) is 30.8 Å². The maximum Gasteiger partial charge on any atom is 0.415 e. The SMILES string of the molecule is COc1ccc(S(=O)(=O)NC[C@@H](O)C(F)(F)F)cc1C(=O)Nc1ccc(F)c(C)n1. The average molecular weight is 451 g/mol. The number of sulfonamides is 1. The van der Waals surface area contributed by atoms with Gasteiger partial charge >= 0.3 is 6.18 Å². The zero-order valence-electron chi connectivity index (χ0n) is 15.6. The number of hydrogen-bond donors (Lipinski definition) is 3. The van der Waals surface area contributed by atoms with Gasteiger partial charge in [-0.15, -0.1) is 0 Å². The zero-order chi connectivity index (χ0) is 22.7. The van der Waals surface area contributed by atoms with Gasteiger partial charge in [-0.2, -0.15) is 13.2 Å². The minimum atomic E-state index is -5.01. The summed E-state index contributed by atoms with van der Waals surface area (Å²) in [5, 5.41) is 11.3. The van der Waals surface area contributed by atoms with Crippen LogP contribution in [0.3, 0.4) is 0 Å². The van der Waals surface area contributed by atoms with E-state index in [1.807, 2.05) is 0 Å². The highest BCUT2D eigenvalue weighted by Crippen LogP contribution is 2.24. The van der Waals surface area contributed by atoms with E-state index >= 15 is 0 Å². The Kier molecular flexibility index (Phi) is 7.00. The number of aliphatic hydroxyl groups is 1. The number of nitrogens with one attached hydrogen (secondary N) is 2. The third kappa shape index (κ3) is 5.64. The molecule has 1 heterocycles. The number of benzene rings is 1. The van der Waals surface area contributed by atoms with Gasteiger partial charge in [0.15, 0.2) is 6.10 Å². The minimum Gasteiger partial charge on any atom is -0.496 e. The maximum absolute atomic E-state index is 13.3. The second kappa shape index (κ2) is 8.93. The van der Waals surface area contributed by atoms with Gasteiger partial charge in [0, 0.05) is 6.54 Å². The first-order chi connectivity index (χ1) is 13.8. The number of aryl methyl sites for hydroxylation is 1. The third-order valence-electron chi connectivity index (χ3n) is 3.83. The van der Waals surface area contributed by atoms with E-state index < -0.39 is 45.5 Å². The standard InChI is InChI=1S/C17H17F4N3O5S/c1-9-12(18)4-6-15(23-9)24-16(26)11-7-10(3-5-13(11)29-2)30(27,28)22-8-14(25)17(19,20)21/h3-7,14,22,25H,8H2,1-2H3,(H,23,24,26)/t14-/m1/s1. The van der Waals surface area contributed by atoms with Gasteiger partial charge in [-0.05, 0) is 37.3 Å². The van der Waals surface area contributed by atoms with E-state index in [4.69, 9.17) is 9.84 Å². The second-order valence-corrected chi connectivity index (χ2v) is 7.76. The number of alkyl halides is 3. The molecule has 0 saturated carbocycles. The van der Waals surface area contributed by atoms with Gasteiger partial charge < -0.3 is 15.2 Å². The number of methoxy groups -OCH3 is 1. The lowest BCUT2D eigenvalue weighted by Crippen LogP contribution is -2.40. The summed E-state index contributed by atoms with van der Waals surface area (Å²) in [6.07, 6.45) is -7.91.